The van der Waals surface area contributed by atoms with E-state index in [0.29, 0.717) is 6.54 Å². The van der Waals surface area contributed by atoms with Crippen LogP contribution in [0.1, 0.15) is 16.7 Å². The maximum atomic E-state index is 12.2. The number of pyridine rings is 1. The molecule has 2 aromatic rings. The third-order valence-corrected chi connectivity index (χ3v) is 3.92. The Labute approximate surface area is 145 Å². The van der Waals surface area contributed by atoms with E-state index in [1.807, 2.05) is 57.1 Å². The highest BCUT2D eigenvalue weighted by atomic mass is 79.9. The molecule has 0 saturated carbocycles. The van der Waals surface area contributed by atoms with Crippen molar-refractivity contribution in [2.75, 3.05) is 24.3 Å². The summed E-state index contributed by atoms with van der Waals surface area (Å²) in [5.74, 6) is 0.851. The summed E-state index contributed by atoms with van der Waals surface area (Å²) >= 11 is 3.46. The van der Waals surface area contributed by atoms with Crippen molar-refractivity contribution in [3.8, 4) is 0 Å². The van der Waals surface area contributed by atoms with E-state index in [0.717, 1.165) is 32.7 Å². The van der Waals surface area contributed by atoms with Gasteiger partial charge in [-0.15, -0.1) is 0 Å². The van der Waals surface area contributed by atoms with Gasteiger partial charge in [0.05, 0.1) is 0 Å². The number of halogens is 1. The van der Waals surface area contributed by atoms with E-state index >= 15 is 0 Å². The lowest BCUT2D eigenvalue weighted by atomic mass is 10.1. The van der Waals surface area contributed by atoms with Crippen molar-refractivity contribution in [1.29, 1.82) is 0 Å². The van der Waals surface area contributed by atoms with Crippen molar-refractivity contribution in [2.45, 2.75) is 20.4 Å². The average Bonchev–Trinajstić information content (AvgIpc) is 2.49. The van der Waals surface area contributed by atoms with Crippen LogP contribution in [0.25, 0.3) is 0 Å². The molecule has 0 atom stereocenters. The van der Waals surface area contributed by atoms with Crippen LogP contribution in [0.5, 0.6) is 0 Å². The van der Waals surface area contributed by atoms with Crippen LogP contribution in [0, 0.1) is 13.8 Å². The van der Waals surface area contributed by atoms with Crippen LogP contribution in [0.15, 0.2) is 34.9 Å². The van der Waals surface area contributed by atoms with E-state index in [4.69, 9.17) is 0 Å². The Kier molecular flexibility index (Phi) is 5.60. The van der Waals surface area contributed by atoms with Crippen molar-refractivity contribution in [1.82, 2.24) is 10.3 Å². The monoisotopic (exact) mass is 376 g/mol. The van der Waals surface area contributed by atoms with Gasteiger partial charge < -0.3 is 15.5 Å². The minimum atomic E-state index is -0.230. The molecule has 0 aliphatic heterocycles. The molecule has 0 bridgehead atoms. The molecule has 6 heteroatoms. The summed E-state index contributed by atoms with van der Waals surface area (Å²) < 4.78 is 1.00. The number of aromatic nitrogens is 1. The lowest BCUT2D eigenvalue weighted by Crippen LogP contribution is -2.29. The standard InChI is InChI=1S/C17H21BrN4O/c1-11-8-14(18)9-12(2)15(11)21-17(23)20-10-13-6-5-7-19-16(13)22(3)4/h5-9H,10H2,1-4H3,(H2,20,21,23). The fourth-order valence-corrected chi connectivity index (χ4v) is 3.10. The number of nitrogens with one attached hydrogen (secondary N) is 2. The van der Waals surface area contributed by atoms with Crippen LogP contribution in [0.4, 0.5) is 16.3 Å². The molecule has 2 N–H and O–H groups in total. The van der Waals surface area contributed by atoms with Crippen molar-refractivity contribution in [2.24, 2.45) is 0 Å². The molecule has 2 amide bonds. The molecule has 1 heterocycles. The third kappa shape index (κ3) is 4.45. The topological polar surface area (TPSA) is 57.3 Å². The highest BCUT2D eigenvalue weighted by molar-refractivity contribution is 9.10. The molecular weight excluding hydrogens is 356 g/mol. The van der Waals surface area contributed by atoms with Crippen molar-refractivity contribution >= 4 is 33.5 Å². The van der Waals surface area contributed by atoms with Crippen molar-refractivity contribution in [3.63, 3.8) is 0 Å². The fourth-order valence-electron chi connectivity index (χ4n) is 2.41. The molecule has 0 fully saturated rings. The largest absolute Gasteiger partial charge is 0.362 e. The summed E-state index contributed by atoms with van der Waals surface area (Å²) in [5.41, 5.74) is 3.84. The number of nitrogens with zero attached hydrogens (tertiary/aromatic N) is 2. The summed E-state index contributed by atoms with van der Waals surface area (Å²) in [6, 6.07) is 7.55. The van der Waals surface area contributed by atoms with E-state index in [2.05, 4.69) is 31.5 Å². The highest BCUT2D eigenvalue weighted by Crippen LogP contribution is 2.25. The Hall–Kier alpha value is -2.08. The van der Waals surface area contributed by atoms with Crippen molar-refractivity contribution in [3.05, 3.63) is 51.6 Å². The summed E-state index contributed by atoms with van der Waals surface area (Å²) in [5, 5.41) is 5.80. The zero-order valence-corrected chi connectivity index (χ0v) is 15.4. The quantitative estimate of drug-likeness (QED) is 0.851. The van der Waals surface area contributed by atoms with E-state index in [1.165, 1.54) is 0 Å². The molecule has 23 heavy (non-hydrogen) atoms. The zero-order valence-electron chi connectivity index (χ0n) is 13.8. The number of carbonyl (C=O) groups excluding carboxylic acids is 1. The smallest absolute Gasteiger partial charge is 0.319 e. The molecule has 5 nitrogen and oxygen atoms in total. The predicted octanol–water partition coefficient (Wildman–Crippen LogP) is 3.85. The van der Waals surface area contributed by atoms with E-state index in [9.17, 15) is 4.79 Å². The summed E-state index contributed by atoms with van der Waals surface area (Å²) in [7, 11) is 3.86. The molecule has 0 spiro atoms. The molecule has 0 unspecified atom stereocenters. The van der Waals surface area contributed by atoms with Gasteiger partial charge in [0, 0.05) is 42.6 Å². The normalized spacial score (nSPS) is 10.3. The minimum absolute atomic E-state index is 0.230. The minimum Gasteiger partial charge on any atom is -0.362 e. The van der Waals surface area contributed by atoms with Crippen LogP contribution in [0.2, 0.25) is 0 Å². The van der Waals surface area contributed by atoms with Gasteiger partial charge in [0.1, 0.15) is 5.82 Å². The maximum Gasteiger partial charge on any atom is 0.319 e. The third-order valence-electron chi connectivity index (χ3n) is 3.47. The Bertz CT molecular complexity index is 692. The number of urea groups is 1. The second-order valence-electron chi connectivity index (χ2n) is 5.60. The van der Waals surface area contributed by atoms with Gasteiger partial charge in [0.15, 0.2) is 0 Å². The number of benzene rings is 1. The fraction of sp³-hybridized carbons (Fsp3) is 0.294. The molecule has 0 saturated heterocycles. The first-order chi connectivity index (χ1) is 10.9. The second kappa shape index (κ2) is 7.46. The van der Waals surface area contributed by atoms with Crippen LogP contribution in [-0.2, 0) is 6.54 Å². The molecule has 1 aromatic heterocycles. The van der Waals surface area contributed by atoms with Crippen LogP contribution in [0.3, 0.4) is 0 Å². The van der Waals surface area contributed by atoms with Gasteiger partial charge in [0.2, 0.25) is 0 Å². The summed E-state index contributed by atoms with van der Waals surface area (Å²) in [6.45, 7) is 4.36. The van der Waals surface area contributed by atoms with Crippen LogP contribution < -0.4 is 15.5 Å². The van der Waals surface area contributed by atoms with E-state index in [-0.39, 0.29) is 6.03 Å². The van der Waals surface area contributed by atoms with E-state index in [1.54, 1.807) is 6.20 Å². The van der Waals surface area contributed by atoms with E-state index < -0.39 is 0 Å². The number of aryl methyl sites for hydroxylation is 2. The van der Waals surface area contributed by atoms with Gasteiger partial charge in [-0.3, -0.25) is 0 Å². The summed E-state index contributed by atoms with van der Waals surface area (Å²) in [4.78, 5) is 18.4. The molecule has 0 aliphatic rings. The Balaban J connectivity index is 2.04. The molecule has 0 aliphatic carbocycles. The second-order valence-corrected chi connectivity index (χ2v) is 6.52. The van der Waals surface area contributed by atoms with Gasteiger partial charge in [-0.2, -0.15) is 0 Å². The summed E-state index contributed by atoms with van der Waals surface area (Å²) in [6.07, 6.45) is 1.74. The van der Waals surface area contributed by atoms with Crippen LogP contribution in [-0.4, -0.2) is 25.1 Å². The number of carbonyl (C=O) groups is 1. The first-order valence-corrected chi connectivity index (χ1v) is 8.10. The number of rotatable bonds is 4. The maximum absolute atomic E-state index is 12.2. The Morgan fingerprint density at radius 3 is 2.52 bits per heavy atom. The number of anilines is 2. The zero-order chi connectivity index (χ0) is 17.0. The van der Waals surface area contributed by atoms with Crippen molar-refractivity contribution < 1.29 is 4.79 Å². The first kappa shape index (κ1) is 17.3. The number of hydrogen-bond donors (Lipinski definition) is 2. The van der Waals surface area contributed by atoms with Gasteiger partial charge >= 0.3 is 6.03 Å². The number of hydrogen-bond acceptors (Lipinski definition) is 3. The Morgan fingerprint density at radius 2 is 1.91 bits per heavy atom. The highest BCUT2D eigenvalue weighted by Gasteiger charge is 2.10. The van der Waals surface area contributed by atoms with Gasteiger partial charge in [-0.1, -0.05) is 22.0 Å². The Morgan fingerprint density at radius 1 is 1.26 bits per heavy atom. The van der Waals surface area contributed by atoms with Crippen LogP contribution >= 0.6 is 15.9 Å². The lowest BCUT2D eigenvalue weighted by molar-refractivity contribution is 0.251. The first-order valence-electron chi connectivity index (χ1n) is 7.31. The molecule has 1 aromatic carbocycles. The van der Waals surface area contributed by atoms with Gasteiger partial charge in [-0.25, -0.2) is 9.78 Å². The lowest BCUT2D eigenvalue weighted by Gasteiger charge is -2.17. The predicted molar refractivity (Wildman–Crippen MR) is 98.0 cm³/mol. The number of amides is 2. The molecular formula is C17H21BrN4O. The molecule has 2 rings (SSSR count). The molecule has 0 radical (unpaired) electrons. The average molecular weight is 377 g/mol. The van der Waals surface area contributed by atoms with Gasteiger partial charge in [-0.05, 0) is 43.2 Å². The van der Waals surface area contributed by atoms with Gasteiger partial charge in [0.25, 0.3) is 0 Å². The SMILES string of the molecule is Cc1cc(Br)cc(C)c1NC(=O)NCc1cccnc1N(C)C. The molecule has 122 valence electrons.